The second kappa shape index (κ2) is 4.20. The molecular weight excluding hydrogens is 224 g/mol. The van der Waals surface area contributed by atoms with Gasteiger partial charge in [0.15, 0.2) is 0 Å². The standard InChI is InChI=1S/C11H14N2O4/c1-6-3-9(17-12-6)10(14)13-4-8(5-13)7(2)11(15)16/h3,7-8H,4-5H2,1-2H3,(H,15,16). The molecule has 1 fully saturated rings. The van der Waals surface area contributed by atoms with Crippen molar-refractivity contribution in [2.45, 2.75) is 13.8 Å². The van der Waals surface area contributed by atoms with Crippen molar-refractivity contribution >= 4 is 11.9 Å². The molecule has 6 heteroatoms. The molecule has 92 valence electrons. The van der Waals surface area contributed by atoms with E-state index in [1.54, 1.807) is 24.8 Å². The molecule has 1 aliphatic rings. The van der Waals surface area contributed by atoms with Crippen LogP contribution in [0.25, 0.3) is 0 Å². The van der Waals surface area contributed by atoms with Gasteiger partial charge < -0.3 is 14.5 Å². The van der Waals surface area contributed by atoms with Gasteiger partial charge in [-0.2, -0.15) is 0 Å². The Labute approximate surface area is 98.2 Å². The maximum Gasteiger partial charge on any atom is 0.306 e. The number of carboxylic acids is 1. The van der Waals surface area contributed by atoms with Crippen molar-refractivity contribution in [2.24, 2.45) is 11.8 Å². The molecule has 0 spiro atoms. The normalized spacial score (nSPS) is 17.6. The minimum Gasteiger partial charge on any atom is -0.481 e. The lowest BCUT2D eigenvalue weighted by molar-refractivity contribution is -0.144. The molecule has 1 aliphatic heterocycles. The Balaban J connectivity index is 1.92. The van der Waals surface area contributed by atoms with Crippen LogP contribution in [-0.2, 0) is 4.79 Å². The lowest BCUT2D eigenvalue weighted by atomic mass is 9.87. The van der Waals surface area contributed by atoms with Crippen LogP contribution < -0.4 is 0 Å². The number of hydrogen-bond donors (Lipinski definition) is 1. The summed E-state index contributed by atoms with van der Waals surface area (Å²) in [6.45, 7) is 4.33. The van der Waals surface area contributed by atoms with Gasteiger partial charge in [-0.25, -0.2) is 0 Å². The topological polar surface area (TPSA) is 83.6 Å². The number of carboxylic acid groups (broad SMARTS) is 1. The van der Waals surface area contributed by atoms with Crippen LogP contribution in [0.2, 0.25) is 0 Å². The van der Waals surface area contributed by atoms with Crippen molar-refractivity contribution in [3.8, 4) is 0 Å². The third-order valence-corrected chi connectivity index (χ3v) is 3.13. The zero-order chi connectivity index (χ0) is 12.6. The summed E-state index contributed by atoms with van der Waals surface area (Å²) in [6, 6.07) is 1.58. The Kier molecular flexibility index (Phi) is 2.87. The van der Waals surface area contributed by atoms with Crippen LogP contribution in [0.1, 0.15) is 23.2 Å². The van der Waals surface area contributed by atoms with E-state index in [-0.39, 0.29) is 17.6 Å². The molecule has 2 rings (SSSR count). The molecule has 6 nitrogen and oxygen atoms in total. The first-order valence-corrected chi connectivity index (χ1v) is 5.44. The monoisotopic (exact) mass is 238 g/mol. The smallest absolute Gasteiger partial charge is 0.306 e. The first-order valence-electron chi connectivity index (χ1n) is 5.44. The summed E-state index contributed by atoms with van der Waals surface area (Å²) in [4.78, 5) is 24.1. The Morgan fingerprint density at radius 1 is 1.59 bits per heavy atom. The van der Waals surface area contributed by atoms with E-state index in [1.807, 2.05) is 0 Å². The van der Waals surface area contributed by atoms with Crippen LogP contribution in [0, 0.1) is 18.8 Å². The fraction of sp³-hybridized carbons (Fsp3) is 0.545. The average molecular weight is 238 g/mol. The van der Waals surface area contributed by atoms with Crippen LogP contribution in [0.4, 0.5) is 0 Å². The van der Waals surface area contributed by atoms with Crippen molar-refractivity contribution in [3.63, 3.8) is 0 Å². The maximum atomic E-state index is 11.8. The lowest BCUT2D eigenvalue weighted by Crippen LogP contribution is -2.53. The fourth-order valence-corrected chi connectivity index (χ4v) is 1.82. The summed E-state index contributed by atoms with van der Waals surface area (Å²) in [5.41, 5.74) is 0.657. The molecule has 1 atom stereocenters. The minimum atomic E-state index is -0.822. The summed E-state index contributed by atoms with van der Waals surface area (Å²) in [6.07, 6.45) is 0. The van der Waals surface area contributed by atoms with Gasteiger partial charge in [0, 0.05) is 25.1 Å². The highest BCUT2D eigenvalue weighted by atomic mass is 16.5. The second-order valence-corrected chi connectivity index (χ2v) is 4.43. The number of carbonyl (C=O) groups excluding carboxylic acids is 1. The molecule has 1 aromatic heterocycles. The predicted molar refractivity (Wildman–Crippen MR) is 57.4 cm³/mol. The van der Waals surface area contributed by atoms with Gasteiger partial charge in [-0.15, -0.1) is 0 Å². The summed E-state index contributed by atoms with van der Waals surface area (Å²) in [7, 11) is 0. The van der Waals surface area contributed by atoms with Crippen LogP contribution in [0.15, 0.2) is 10.6 Å². The third-order valence-electron chi connectivity index (χ3n) is 3.13. The van der Waals surface area contributed by atoms with E-state index in [9.17, 15) is 9.59 Å². The molecule has 1 aromatic rings. The number of aromatic nitrogens is 1. The highest BCUT2D eigenvalue weighted by molar-refractivity contribution is 5.92. The molecule has 0 radical (unpaired) electrons. The molecule has 1 saturated heterocycles. The number of amides is 1. The molecule has 1 unspecified atom stereocenters. The first kappa shape index (κ1) is 11.6. The Morgan fingerprint density at radius 3 is 2.71 bits per heavy atom. The minimum absolute atomic E-state index is 0.0282. The fourth-order valence-electron chi connectivity index (χ4n) is 1.82. The lowest BCUT2D eigenvalue weighted by Gasteiger charge is -2.40. The van der Waals surface area contributed by atoms with E-state index >= 15 is 0 Å². The zero-order valence-electron chi connectivity index (χ0n) is 9.71. The zero-order valence-corrected chi connectivity index (χ0v) is 9.71. The van der Waals surface area contributed by atoms with Crippen LogP contribution in [0.5, 0.6) is 0 Å². The highest BCUT2D eigenvalue weighted by Crippen LogP contribution is 2.25. The largest absolute Gasteiger partial charge is 0.481 e. The Morgan fingerprint density at radius 2 is 2.24 bits per heavy atom. The van der Waals surface area contributed by atoms with Crippen LogP contribution >= 0.6 is 0 Å². The number of hydrogen-bond acceptors (Lipinski definition) is 4. The number of aliphatic carboxylic acids is 1. The van der Waals surface area contributed by atoms with Gasteiger partial charge >= 0.3 is 5.97 Å². The second-order valence-electron chi connectivity index (χ2n) is 4.43. The van der Waals surface area contributed by atoms with Gasteiger partial charge in [-0.3, -0.25) is 9.59 Å². The van der Waals surface area contributed by atoms with Crippen LogP contribution in [-0.4, -0.2) is 40.1 Å². The van der Waals surface area contributed by atoms with Gasteiger partial charge in [0.2, 0.25) is 5.76 Å². The van der Waals surface area contributed by atoms with E-state index in [0.29, 0.717) is 18.8 Å². The van der Waals surface area contributed by atoms with E-state index in [4.69, 9.17) is 9.63 Å². The van der Waals surface area contributed by atoms with Crippen molar-refractivity contribution in [1.29, 1.82) is 0 Å². The number of aryl methyl sites for hydroxylation is 1. The van der Waals surface area contributed by atoms with Crippen LogP contribution in [0.3, 0.4) is 0 Å². The first-order chi connectivity index (χ1) is 7.99. The molecule has 0 bridgehead atoms. The maximum absolute atomic E-state index is 11.8. The number of rotatable bonds is 3. The van der Waals surface area contributed by atoms with Crippen molar-refractivity contribution in [1.82, 2.24) is 10.1 Å². The van der Waals surface area contributed by atoms with E-state index in [0.717, 1.165) is 0 Å². The van der Waals surface area contributed by atoms with E-state index in [2.05, 4.69) is 5.16 Å². The molecular formula is C11H14N2O4. The average Bonchev–Trinajstić information content (AvgIpc) is 2.62. The summed E-state index contributed by atoms with van der Waals surface area (Å²) in [5.74, 6) is -1.23. The van der Waals surface area contributed by atoms with Gasteiger partial charge in [0.25, 0.3) is 5.91 Å². The van der Waals surface area contributed by atoms with Gasteiger partial charge in [-0.05, 0) is 6.92 Å². The molecule has 1 N–H and O–H groups in total. The highest BCUT2D eigenvalue weighted by Gasteiger charge is 2.38. The van der Waals surface area contributed by atoms with Crippen molar-refractivity contribution in [2.75, 3.05) is 13.1 Å². The SMILES string of the molecule is Cc1cc(C(=O)N2CC(C(C)C(=O)O)C2)on1. The molecule has 0 aliphatic carbocycles. The number of nitrogens with zero attached hydrogens (tertiary/aromatic N) is 2. The van der Waals surface area contributed by atoms with Crippen molar-refractivity contribution < 1.29 is 19.2 Å². The Bertz CT molecular complexity index is 448. The summed E-state index contributed by atoms with van der Waals surface area (Å²) < 4.78 is 4.87. The van der Waals surface area contributed by atoms with E-state index in [1.165, 1.54) is 0 Å². The van der Waals surface area contributed by atoms with E-state index < -0.39 is 11.9 Å². The summed E-state index contributed by atoms with van der Waals surface area (Å²) >= 11 is 0. The molecule has 0 aromatic carbocycles. The summed E-state index contributed by atoms with van der Waals surface area (Å²) in [5, 5.41) is 12.5. The molecule has 1 amide bonds. The molecule has 2 heterocycles. The number of carbonyl (C=O) groups is 2. The number of likely N-dealkylation sites (tertiary alicyclic amines) is 1. The van der Waals surface area contributed by atoms with Gasteiger partial charge in [-0.1, -0.05) is 12.1 Å². The van der Waals surface area contributed by atoms with Gasteiger partial charge in [0.1, 0.15) is 0 Å². The van der Waals surface area contributed by atoms with Crippen molar-refractivity contribution in [3.05, 3.63) is 17.5 Å². The molecule has 17 heavy (non-hydrogen) atoms. The molecule has 0 saturated carbocycles. The Hall–Kier alpha value is -1.85. The predicted octanol–water partition coefficient (Wildman–Crippen LogP) is 0.776. The third kappa shape index (κ3) is 2.15. The van der Waals surface area contributed by atoms with Gasteiger partial charge in [0.05, 0.1) is 11.6 Å². The quantitative estimate of drug-likeness (QED) is 0.841.